The second-order valence-corrected chi connectivity index (χ2v) is 8.40. The maximum Gasteiger partial charge on any atom is 0.255 e. The van der Waals surface area contributed by atoms with E-state index >= 15 is 0 Å². The minimum absolute atomic E-state index is 0.00943. The number of aliphatic hydroxyl groups excluding tert-OH is 2. The minimum Gasteiger partial charge on any atom is -0.511 e. The van der Waals surface area contributed by atoms with Gasteiger partial charge in [-0.2, -0.15) is 0 Å². The molecule has 1 aromatic rings. The number of ketones is 2. The molecule has 1 aromatic carbocycles. The Hall–Kier alpha value is -3.09. The van der Waals surface area contributed by atoms with Gasteiger partial charge in [0.15, 0.2) is 11.6 Å². The first kappa shape index (κ1) is 19.2. The predicted molar refractivity (Wildman–Crippen MR) is 107 cm³/mol. The first-order valence-electron chi connectivity index (χ1n) is 9.67. The summed E-state index contributed by atoms with van der Waals surface area (Å²) in [7, 11) is 3.86. The summed E-state index contributed by atoms with van der Waals surface area (Å²) in [5.41, 5.74) is 8.51. The number of aryl methyl sites for hydroxylation is 1. The van der Waals surface area contributed by atoms with Crippen LogP contribution in [0, 0.1) is 24.7 Å². The van der Waals surface area contributed by atoms with Crippen molar-refractivity contribution in [3.05, 3.63) is 45.7 Å². The van der Waals surface area contributed by atoms with Crippen molar-refractivity contribution in [3.8, 4) is 0 Å². The van der Waals surface area contributed by atoms with E-state index in [4.69, 9.17) is 5.73 Å². The highest BCUT2D eigenvalue weighted by Gasteiger charge is 2.50. The normalized spacial score (nSPS) is 26.1. The van der Waals surface area contributed by atoms with E-state index in [1.165, 1.54) is 0 Å². The molecular weight excluding hydrogens is 372 g/mol. The fraction of sp³-hybridized carbons (Fsp3) is 0.409. The molecule has 3 aliphatic carbocycles. The number of nitrogens with zero attached hydrogens (tertiary/aromatic N) is 1. The van der Waals surface area contributed by atoms with E-state index in [9.17, 15) is 24.6 Å². The van der Waals surface area contributed by atoms with Gasteiger partial charge >= 0.3 is 0 Å². The number of primary amides is 1. The van der Waals surface area contributed by atoms with E-state index in [-0.39, 0.29) is 23.7 Å². The van der Waals surface area contributed by atoms with Crippen LogP contribution in [0.5, 0.6) is 0 Å². The minimum atomic E-state index is -1.03. The number of hydrogen-bond donors (Lipinski definition) is 3. The van der Waals surface area contributed by atoms with Gasteiger partial charge in [0.25, 0.3) is 5.91 Å². The quantitative estimate of drug-likeness (QED) is 0.657. The molecule has 0 bridgehead atoms. The van der Waals surface area contributed by atoms with Crippen LogP contribution < -0.4 is 10.6 Å². The van der Waals surface area contributed by atoms with Crippen LogP contribution in [0.3, 0.4) is 0 Å². The number of carbonyl (C=O) groups excluding carboxylic acids is 3. The Morgan fingerprint density at radius 2 is 1.86 bits per heavy atom. The van der Waals surface area contributed by atoms with Crippen molar-refractivity contribution in [2.75, 3.05) is 19.0 Å². The molecule has 0 radical (unpaired) electrons. The van der Waals surface area contributed by atoms with E-state index in [0.717, 1.165) is 16.8 Å². The number of carbonyl (C=O) groups is 3. The smallest absolute Gasteiger partial charge is 0.255 e. The molecule has 1 saturated carbocycles. The average molecular weight is 396 g/mol. The van der Waals surface area contributed by atoms with Crippen molar-refractivity contribution < 1.29 is 24.6 Å². The molecule has 152 valence electrons. The zero-order chi connectivity index (χ0) is 21.2. The Kier molecular flexibility index (Phi) is 4.29. The van der Waals surface area contributed by atoms with Gasteiger partial charge in [0.1, 0.15) is 17.1 Å². The molecular formula is C22H24N2O5. The summed E-state index contributed by atoms with van der Waals surface area (Å²) < 4.78 is 0. The van der Waals surface area contributed by atoms with Crippen LogP contribution >= 0.6 is 0 Å². The van der Waals surface area contributed by atoms with E-state index in [0.29, 0.717) is 18.4 Å². The van der Waals surface area contributed by atoms with Gasteiger partial charge in [0.2, 0.25) is 0 Å². The van der Waals surface area contributed by atoms with Gasteiger partial charge in [0.05, 0.1) is 5.92 Å². The van der Waals surface area contributed by atoms with Crippen LogP contribution in [-0.4, -0.2) is 41.8 Å². The highest BCUT2D eigenvalue weighted by atomic mass is 16.3. The molecule has 0 aliphatic heterocycles. The topological polar surface area (TPSA) is 121 Å². The summed E-state index contributed by atoms with van der Waals surface area (Å²) in [6.45, 7) is 1.88. The third-order valence-electron chi connectivity index (χ3n) is 6.46. The van der Waals surface area contributed by atoms with Crippen LogP contribution in [0.1, 0.15) is 29.5 Å². The molecule has 7 heteroatoms. The second kappa shape index (κ2) is 6.47. The van der Waals surface area contributed by atoms with Crippen LogP contribution in [-0.2, 0) is 20.8 Å². The average Bonchev–Trinajstić information content (AvgIpc) is 2.60. The fourth-order valence-corrected chi connectivity index (χ4v) is 5.24. The van der Waals surface area contributed by atoms with Crippen molar-refractivity contribution in [2.24, 2.45) is 23.5 Å². The van der Waals surface area contributed by atoms with Crippen molar-refractivity contribution in [1.29, 1.82) is 0 Å². The van der Waals surface area contributed by atoms with Crippen molar-refractivity contribution in [1.82, 2.24) is 0 Å². The van der Waals surface area contributed by atoms with Crippen LogP contribution in [0.4, 0.5) is 5.69 Å². The number of hydrogen-bond acceptors (Lipinski definition) is 6. The number of aliphatic hydroxyl groups is 2. The third kappa shape index (κ3) is 2.68. The molecule has 0 saturated heterocycles. The van der Waals surface area contributed by atoms with Gasteiger partial charge in [-0.15, -0.1) is 0 Å². The molecule has 1 fully saturated rings. The second-order valence-electron chi connectivity index (χ2n) is 8.40. The maximum absolute atomic E-state index is 13.3. The Labute approximate surface area is 168 Å². The lowest BCUT2D eigenvalue weighted by molar-refractivity contribution is -0.127. The van der Waals surface area contributed by atoms with E-state index in [1.807, 2.05) is 38.1 Å². The lowest BCUT2D eigenvalue weighted by Crippen LogP contribution is -2.44. The molecule has 0 spiro atoms. The van der Waals surface area contributed by atoms with Crippen LogP contribution in [0.2, 0.25) is 0 Å². The first-order valence-corrected chi connectivity index (χ1v) is 9.67. The zero-order valence-electron chi connectivity index (χ0n) is 16.7. The Bertz CT molecular complexity index is 1030. The molecule has 29 heavy (non-hydrogen) atoms. The molecule has 0 heterocycles. The summed E-state index contributed by atoms with van der Waals surface area (Å²) >= 11 is 0. The van der Waals surface area contributed by atoms with Gasteiger partial charge in [-0.3, -0.25) is 14.4 Å². The zero-order valence-corrected chi connectivity index (χ0v) is 16.7. The van der Waals surface area contributed by atoms with E-state index in [1.54, 1.807) is 0 Å². The highest BCUT2D eigenvalue weighted by molar-refractivity contribution is 6.21. The lowest BCUT2D eigenvalue weighted by Gasteiger charge is -2.41. The number of benzene rings is 1. The number of fused-ring (bicyclic) bond motifs is 3. The number of nitrogens with two attached hydrogens (primary N) is 1. The number of allylic oxidation sites excluding steroid dienone is 2. The van der Waals surface area contributed by atoms with Crippen molar-refractivity contribution in [2.45, 2.75) is 26.2 Å². The summed E-state index contributed by atoms with van der Waals surface area (Å²) in [5, 5.41) is 21.6. The first-order chi connectivity index (χ1) is 13.6. The largest absolute Gasteiger partial charge is 0.511 e. The number of rotatable bonds is 2. The Balaban J connectivity index is 1.89. The SMILES string of the molecule is Cc1ccc(N(C)C)c2c1C(O)=C1C(=O)C3C(O)=C(C(N)=O)C(=O)CC3CC1C2. The molecule has 3 unspecified atom stereocenters. The van der Waals surface area contributed by atoms with E-state index < -0.39 is 40.6 Å². The van der Waals surface area contributed by atoms with Gasteiger partial charge in [-0.25, -0.2) is 0 Å². The summed E-state index contributed by atoms with van der Waals surface area (Å²) in [6, 6.07) is 3.90. The van der Waals surface area contributed by atoms with Gasteiger partial charge in [-0.05, 0) is 48.8 Å². The summed E-state index contributed by atoms with van der Waals surface area (Å²) in [5.74, 6) is -4.25. The standard InChI is InChI=1S/C22H24N2O5/c1-9-4-5-13(24(2)3)12-7-10-6-11-8-14(25)18(22(23)29)21(28)17(11)20(27)16(10)19(26)15(9)12/h4-5,10-11,17,26,28H,6-8H2,1-3H3,(H2,23,29). The fourth-order valence-electron chi connectivity index (χ4n) is 5.24. The molecule has 3 aliphatic rings. The van der Waals surface area contributed by atoms with Crippen molar-refractivity contribution in [3.63, 3.8) is 0 Å². The number of Topliss-reactive ketones (excluding diaryl/α,β-unsaturated/α-hetero) is 2. The van der Waals surface area contributed by atoms with Crippen LogP contribution in [0.25, 0.3) is 5.76 Å². The number of amides is 1. The number of anilines is 1. The predicted octanol–water partition coefficient (Wildman–Crippen LogP) is 1.98. The van der Waals surface area contributed by atoms with Gasteiger partial charge < -0.3 is 20.8 Å². The van der Waals surface area contributed by atoms with Crippen LogP contribution in [0.15, 0.2) is 29.0 Å². The monoisotopic (exact) mass is 396 g/mol. The Morgan fingerprint density at radius 3 is 2.48 bits per heavy atom. The lowest BCUT2D eigenvalue weighted by atomic mass is 9.61. The molecule has 4 rings (SSSR count). The maximum atomic E-state index is 13.3. The molecule has 4 N–H and O–H groups in total. The molecule has 7 nitrogen and oxygen atoms in total. The van der Waals surface area contributed by atoms with Gasteiger partial charge in [0, 0.05) is 37.3 Å². The molecule has 0 aromatic heterocycles. The molecule has 3 atom stereocenters. The van der Waals surface area contributed by atoms with Crippen molar-refractivity contribution >= 4 is 28.9 Å². The summed E-state index contributed by atoms with van der Waals surface area (Å²) in [6.07, 6.45) is 1.03. The van der Waals surface area contributed by atoms with Gasteiger partial charge in [-0.1, -0.05) is 6.07 Å². The highest BCUT2D eigenvalue weighted by Crippen LogP contribution is 2.50. The van der Waals surface area contributed by atoms with E-state index in [2.05, 4.69) is 0 Å². The Morgan fingerprint density at radius 1 is 1.17 bits per heavy atom. The molecule has 1 amide bonds. The third-order valence-corrected chi connectivity index (χ3v) is 6.46. The summed E-state index contributed by atoms with van der Waals surface area (Å²) in [4.78, 5) is 39.3.